The highest BCUT2D eigenvalue weighted by Gasteiger charge is 2.25. The van der Waals surface area contributed by atoms with Gasteiger partial charge in [-0.3, -0.25) is 4.98 Å². The van der Waals surface area contributed by atoms with E-state index in [1.807, 2.05) is 6.20 Å². The fourth-order valence-corrected chi connectivity index (χ4v) is 9.33. The highest BCUT2D eigenvalue weighted by molar-refractivity contribution is 6.20. The van der Waals surface area contributed by atoms with Gasteiger partial charge in [-0.05, 0) is 135 Å². The van der Waals surface area contributed by atoms with Gasteiger partial charge in [0.2, 0.25) is 0 Å². The van der Waals surface area contributed by atoms with Crippen molar-refractivity contribution in [3.05, 3.63) is 188 Å². The Morgan fingerprint density at radius 2 is 0.685 bits per heavy atom. The van der Waals surface area contributed by atoms with Crippen LogP contribution in [-0.2, 0) is 0 Å². The molecule has 2 aliphatic carbocycles. The molecule has 9 aromatic carbocycles. The van der Waals surface area contributed by atoms with Crippen molar-refractivity contribution < 1.29 is 0 Å². The van der Waals surface area contributed by atoms with Crippen LogP contribution in [0.4, 0.5) is 0 Å². The average molecular weight is 682 g/mol. The Labute approximate surface area is 313 Å². The number of hydrogen-bond acceptors (Lipinski definition) is 1. The normalized spacial score (nSPS) is 12.1. The first-order valence-corrected chi connectivity index (χ1v) is 18.7. The van der Waals surface area contributed by atoms with Crippen LogP contribution >= 0.6 is 0 Å². The highest BCUT2D eigenvalue weighted by Crippen LogP contribution is 2.52. The zero-order valence-corrected chi connectivity index (χ0v) is 29.3. The summed E-state index contributed by atoms with van der Waals surface area (Å²) < 4.78 is 0. The molecule has 0 atom stereocenters. The third-order valence-corrected chi connectivity index (χ3v) is 11.8. The second-order valence-corrected chi connectivity index (χ2v) is 14.7. The van der Waals surface area contributed by atoms with E-state index in [1.165, 1.54) is 105 Å². The predicted molar refractivity (Wildman–Crippen MR) is 227 cm³/mol. The lowest BCUT2D eigenvalue weighted by atomic mass is 9.88. The molecule has 54 heavy (non-hydrogen) atoms. The summed E-state index contributed by atoms with van der Waals surface area (Å²) in [6, 6.07) is 67.3. The van der Waals surface area contributed by atoms with E-state index in [4.69, 9.17) is 4.98 Å². The van der Waals surface area contributed by atoms with Crippen LogP contribution in [0.3, 0.4) is 0 Å². The van der Waals surface area contributed by atoms with Gasteiger partial charge in [-0.15, -0.1) is 0 Å². The number of aromatic nitrogens is 1. The van der Waals surface area contributed by atoms with Crippen molar-refractivity contribution in [1.29, 1.82) is 0 Å². The van der Waals surface area contributed by atoms with Crippen molar-refractivity contribution in [3.8, 4) is 89.1 Å². The molecule has 1 aromatic heterocycles. The molecule has 0 radical (unpaired) electrons. The molecule has 1 heterocycles. The van der Waals surface area contributed by atoms with E-state index in [0.29, 0.717) is 0 Å². The van der Waals surface area contributed by atoms with Crippen molar-refractivity contribution in [2.45, 2.75) is 0 Å². The summed E-state index contributed by atoms with van der Waals surface area (Å²) in [7, 11) is 0. The molecule has 0 saturated heterocycles. The molecule has 1 nitrogen and oxygen atoms in total. The van der Waals surface area contributed by atoms with Gasteiger partial charge < -0.3 is 0 Å². The minimum atomic E-state index is 0.978. The quantitative estimate of drug-likeness (QED) is 0.180. The number of fused-ring (bicyclic) bond motifs is 7. The van der Waals surface area contributed by atoms with E-state index < -0.39 is 0 Å². The molecule has 248 valence electrons. The minimum absolute atomic E-state index is 0.978. The van der Waals surface area contributed by atoms with Crippen LogP contribution in [0.1, 0.15) is 0 Å². The zero-order chi connectivity index (χ0) is 35.3. The predicted octanol–water partition coefficient (Wildman–Crippen LogP) is 14.5. The maximum atomic E-state index is 4.89. The second-order valence-electron chi connectivity index (χ2n) is 14.7. The summed E-state index contributed by atoms with van der Waals surface area (Å²) in [5, 5.41) is 7.60. The Balaban J connectivity index is 1.09. The SMILES string of the molecule is c1cc(-c2cc(-c3ccc4c5c(cccc35)-c3ccccc3-4)cc(-c3ccc4c5c(cccc35)-c3ccccc3-4)c2)cc(-c2cc3ccccc3cn2)c1. The zero-order valence-electron chi connectivity index (χ0n) is 29.3. The molecular formula is C53H31N. The molecule has 0 unspecified atom stereocenters. The second kappa shape index (κ2) is 11.2. The third kappa shape index (κ3) is 4.24. The van der Waals surface area contributed by atoms with Crippen molar-refractivity contribution in [2.24, 2.45) is 0 Å². The third-order valence-electron chi connectivity index (χ3n) is 11.8. The molecule has 0 N–H and O–H groups in total. The van der Waals surface area contributed by atoms with Crippen LogP contribution in [0.25, 0.3) is 121 Å². The topological polar surface area (TPSA) is 12.9 Å². The fraction of sp³-hybridized carbons (Fsp3) is 0. The summed E-state index contributed by atoms with van der Waals surface area (Å²) in [5.41, 5.74) is 19.9. The summed E-state index contributed by atoms with van der Waals surface area (Å²) in [4.78, 5) is 4.89. The summed E-state index contributed by atoms with van der Waals surface area (Å²) in [5.74, 6) is 0. The van der Waals surface area contributed by atoms with Crippen LogP contribution in [0.5, 0.6) is 0 Å². The summed E-state index contributed by atoms with van der Waals surface area (Å²) in [6.45, 7) is 0. The first kappa shape index (κ1) is 29.5. The molecule has 0 bridgehead atoms. The number of benzene rings is 9. The lowest BCUT2D eigenvalue weighted by Gasteiger charge is -2.16. The first-order valence-electron chi connectivity index (χ1n) is 18.7. The summed E-state index contributed by atoms with van der Waals surface area (Å²) >= 11 is 0. The van der Waals surface area contributed by atoms with E-state index in [1.54, 1.807) is 0 Å². The molecular weight excluding hydrogens is 651 g/mol. The maximum Gasteiger partial charge on any atom is 0.0708 e. The van der Waals surface area contributed by atoms with Gasteiger partial charge in [-0.25, -0.2) is 0 Å². The standard InChI is InChI=1S/C53H31N/c1-2-11-35-31-54-51(30-33(35)10-1)34-13-7-12-32(26-34)36-27-37(39-22-24-49-43-16-5-3-14-41(43)47-20-8-18-45(39)52(47)49)29-38(28-36)40-23-25-50-44-17-6-4-15-42(44)48-21-9-19-46(40)53(48)50/h1-31H. The molecule has 1 heteroatoms. The Kier molecular flexibility index (Phi) is 6.12. The fourth-order valence-electron chi connectivity index (χ4n) is 9.33. The van der Waals surface area contributed by atoms with Crippen LogP contribution in [0.15, 0.2) is 188 Å². The molecule has 0 spiro atoms. The lowest BCUT2D eigenvalue weighted by molar-refractivity contribution is 1.36. The van der Waals surface area contributed by atoms with E-state index >= 15 is 0 Å². The Hall–Kier alpha value is -7.09. The number of hydrogen-bond donors (Lipinski definition) is 0. The smallest absolute Gasteiger partial charge is 0.0708 e. The van der Waals surface area contributed by atoms with E-state index in [2.05, 4.69) is 182 Å². The molecule has 12 rings (SSSR count). The van der Waals surface area contributed by atoms with Gasteiger partial charge in [0.15, 0.2) is 0 Å². The van der Waals surface area contributed by atoms with Crippen LogP contribution in [-0.4, -0.2) is 4.98 Å². The van der Waals surface area contributed by atoms with Gasteiger partial charge >= 0.3 is 0 Å². The van der Waals surface area contributed by atoms with Gasteiger partial charge in [0.05, 0.1) is 5.69 Å². The molecule has 0 amide bonds. The first-order chi connectivity index (χ1) is 26.8. The minimum Gasteiger partial charge on any atom is -0.256 e. The van der Waals surface area contributed by atoms with Gasteiger partial charge in [0, 0.05) is 17.1 Å². The van der Waals surface area contributed by atoms with Crippen molar-refractivity contribution in [2.75, 3.05) is 0 Å². The van der Waals surface area contributed by atoms with Crippen molar-refractivity contribution >= 4 is 32.3 Å². The van der Waals surface area contributed by atoms with Gasteiger partial charge in [0.25, 0.3) is 0 Å². The lowest BCUT2D eigenvalue weighted by Crippen LogP contribution is -1.90. The average Bonchev–Trinajstić information content (AvgIpc) is 3.75. The molecule has 0 saturated carbocycles. The molecule has 0 fully saturated rings. The van der Waals surface area contributed by atoms with E-state index in [0.717, 1.165) is 16.6 Å². The number of pyridine rings is 1. The van der Waals surface area contributed by atoms with Crippen LogP contribution in [0.2, 0.25) is 0 Å². The molecule has 2 aliphatic rings. The highest BCUT2D eigenvalue weighted by atomic mass is 14.7. The Morgan fingerprint density at radius 1 is 0.259 bits per heavy atom. The van der Waals surface area contributed by atoms with Crippen LogP contribution < -0.4 is 0 Å². The van der Waals surface area contributed by atoms with E-state index in [-0.39, 0.29) is 0 Å². The monoisotopic (exact) mass is 681 g/mol. The largest absolute Gasteiger partial charge is 0.256 e. The van der Waals surface area contributed by atoms with Gasteiger partial charge in [-0.2, -0.15) is 0 Å². The molecule has 0 aliphatic heterocycles. The van der Waals surface area contributed by atoms with Gasteiger partial charge in [0.1, 0.15) is 0 Å². The maximum absolute atomic E-state index is 4.89. The Morgan fingerprint density at radius 3 is 1.28 bits per heavy atom. The summed E-state index contributed by atoms with van der Waals surface area (Å²) in [6.07, 6.45) is 1.98. The number of rotatable bonds is 4. The molecule has 10 aromatic rings. The van der Waals surface area contributed by atoms with Gasteiger partial charge in [-0.1, -0.05) is 152 Å². The Bertz CT molecular complexity index is 3010. The van der Waals surface area contributed by atoms with Crippen LogP contribution in [0, 0.1) is 0 Å². The van der Waals surface area contributed by atoms with E-state index in [9.17, 15) is 0 Å². The van der Waals surface area contributed by atoms with Crippen molar-refractivity contribution in [3.63, 3.8) is 0 Å². The number of nitrogens with zero attached hydrogens (tertiary/aromatic N) is 1. The van der Waals surface area contributed by atoms with Crippen molar-refractivity contribution in [1.82, 2.24) is 4.98 Å².